The van der Waals surface area contributed by atoms with Crippen LogP contribution in [0.3, 0.4) is 0 Å². The maximum Gasteiger partial charge on any atom is 0.131 e. The lowest BCUT2D eigenvalue weighted by molar-refractivity contribution is 0.169. The Balaban J connectivity index is 2.39. The lowest BCUT2D eigenvalue weighted by atomic mass is 10.1. The molecule has 2 aromatic rings. The fourth-order valence-corrected chi connectivity index (χ4v) is 1.74. The lowest BCUT2D eigenvalue weighted by Crippen LogP contribution is -1.94. The standard InChI is InChI=1S/C13H15FN2O2/c1-3-12(17)11-7-10(15-16-11)9-5-4-8(14)6-13(9)18-2/h4-7,12,17H,3H2,1-2H3,(H,15,16). The maximum absolute atomic E-state index is 13.1. The van der Waals surface area contributed by atoms with Gasteiger partial charge in [0.25, 0.3) is 0 Å². The van der Waals surface area contributed by atoms with E-state index < -0.39 is 6.10 Å². The van der Waals surface area contributed by atoms with E-state index in [-0.39, 0.29) is 5.82 Å². The minimum Gasteiger partial charge on any atom is -0.496 e. The Morgan fingerprint density at radius 3 is 2.89 bits per heavy atom. The van der Waals surface area contributed by atoms with Crippen LogP contribution in [-0.2, 0) is 0 Å². The first-order valence-electron chi connectivity index (χ1n) is 5.73. The summed E-state index contributed by atoms with van der Waals surface area (Å²) in [5.41, 5.74) is 1.97. The lowest BCUT2D eigenvalue weighted by Gasteiger charge is -2.06. The molecule has 0 aliphatic rings. The van der Waals surface area contributed by atoms with Crippen LogP contribution in [0.4, 0.5) is 4.39 Å². The van der Waals surface area contributed by atoms with E-state index in [0.29, 0.717) is 29.1 Å². The summed E-state index contributed by atoms with van der Waals surface area (Å²) in [7, 11) is 1.48. The summed E-state index contributed by atoms with van der Waals surface area (Å²) in [5.74, 6) is 0.0696. The molecular weight excluding hydrogens is 235 g/mol. The first kappa shape index (κ1) is 12.6. The molecule has 0 aliphatic carbocycles. The van der Waals surface area contributed by atoms with Crippen molar-refractivity contribution >= 4 is 0 Å². The number of aromatic nitrogens is 2. The molecule has 0 spiro atoms. The Hall–Kier alpha value is -1.88. The van der Waals surface area contributed by atoms with Gasteiger partial charge in [0.1, 0.15) is 11.6 Å². The summed E-state index contributed by atoms with van der Waals surface area (Å²) < 4.78 is 18.2. The number of methoxy groups -OCH3 is 1. The molecule has 1 unspecified atom stereocenters. The number of ether oxygens (including phenoxy) is 1. The zero-order chi connectivity index (χ0) is 13.1. The third-order valence-electron chi connectivity index (χ3n) is 2.78. The Labute approximate surface area is 104 Å². The van der Waals surface area contributed by atoms with Crippen molar-refractivity contribution in [3.8, 4) is 17.0 Å². The monoisotopic (exact) mass is 250 g/mol. The van der Waals surface area contributed by atoms with Gasteiger partial charge in [-0.2, -0.15) is 5.10 Å². The molecule has 18 heavy (non-hydrogen) atoms. The van der Waals surface area contributed by atoms with Crippen molar-refractivity contribution in [1.82, 2.24) is 10.2 Å². The second-order valence-electron chi connectivity index (χ2n) is 3.98. The van der Waals surface area contributed by atoms with Gasteiger partial charge in [-0.05, 0) is 24.6 Å². The highest BCUT2D eigenvalue weighted by molar-refractivity contribution is 5.67. The number of rotatable bonds is 4. The van der Waals surface area contributed by atoms with Crippen LogP contribution in [-0.4, -0.2) is 22.4 Å². The highest BCUT2D eigenvalue weighted by atomic mass is 19.1. The van der Waals surface area contributed by atoms with E-state index in [2.05, 4.69) is 10.2 Å². The summed E-state index contributed by atoms with van der Waals surface area (Å²) >= 11 is 0. The number of aromatic amines is 1. The Kier molecular flexibility index (Phi) is 3.62. The van der Waals surface area contributed by atoms with E-state index in [0.717, 1.165) is 0 Å². The second-order valence-corrected chi connectivity index (χ2v) is 3.98. The van der Waals surface area contributed by atoms with Gasteiger partial charge in [0, 0.05) is 11.6 Å². The number of hydrogen-bond acceptors (Lipinski definition) is 3. The highest BCUT2D eigenvalue weighted by Crippen LogP contribution is 2.30. The molecule has 1 aromatic carbocycles. The van der Waals surface area contributed by atoms with E-state index in [4.69, 9.17) is 4.74 Å². The molecule has 96 valence electrons. The van der Waals surface area contributed by atoms with Crippen molar-refractivity contribution in [2.45, 2.75) is 19.4 Å². The minimum absolute atomic E-state index is 0.357. The summed E-state index contributed by atoms with van der Waals surface area (Å²) in [6.45, 7) is 1.87. The molecule has 1 heterocycles. The number of aliphatic hydroxyl groups excluding tert-OH is 1. The van der Waals surface area contributed by atoms with Crippen molar-refractivity contribution in [3.05, 3.63) is 35.8 Å². The van der Waals surface area contributed by atoms with Crippen molar-refractivity contribution in [2.75, 3.05) is 7.11 Å². The van der Waals surface area contributed by atoms with Crippen LogP contribution >= 0.6 is 0 Å². The fourth-order valence-electron chi connectivity index (χ4n) is 1.74. The number of hydrogen-bond donors (Lipinski definition) is 2. The fraction of sp³-hybridized carbons (Fsp3) is 0.308. The Morgan fingerprint density at radius 1 is 1.44 bits per heavy atom. The molecule has 0 saturated heterocycles. The quantitative estimate of drug-likeness (QED) is 0.877. The summed E-state index contributed by atoms with van der Waals surface area (Å²) in [5, 5.41) is 16.5. The number of nitrogens with one attached hydrogen (secondary N) is 1. The molecule has 0 amide bonds. The van der Waals surface area contributed by atoms with Crippen LogP contribution in [0.25, 0.3) is 11.3 Å². The number of halogens is 1. The normalized spacial score (nSPS) is 12.4. The largest absolute Gasteiger partial charge is 0.496 e. The predicted molar refractivity (Wildman–Crippen MR) is 65.8 cm³/mol. The van der Waals surface area contributed by atoms with Crippen LogP contribution in [0, 0.1) is 5.82 Å². The van der Waals surface area contributed by atoms with Gasteiger partial charge in [-0.1, -0.05) is 6.92 Å². The average Bonchev–Trinajstić information content (AvgIpc) is 2.87. The van der Waals surface area contributed by atoms with Gasteiger partial charge in [-0.3, -0.25) is 5.10 Å². The van der Waals surface area contributed by atoms with Crippen LogP contribution in [0.5, 0.6) is 5.75 Å². The minimum atomic E-state index is -0.596. The smallest absolute Gasteiger partial charge is 0.131 e. The molecule has 0 radical (unpaired) electrons. The molecule has 5 heteroatoms. The van der Waals surface area contributed by atoms with Crippen LogP contribution in [0.2, 0.25) is 0 Å². The van der Waals surface area contributed by atoms with Gasteiger partial charge in [0.05, 0.1) is 24.6 Å². The Bertz CT molecular complexity index is 540. The van der Waals surface area contributed by atoms with Crippen LogP contribution in [0.1, 0.15) is 25.1 Å². The highest BCUT2D eigenvalue weighted by Gasteiger charge is 2.13. The van der Waals surface area contributed by atoms with E-state index in [1.807, 2.05) is 6.92 Å². The van der Waals surface area contributed by atoms with E-state index >= 15 is 0 Å². The van der Waals surface area contributed by atoms with Gasteiger partial charge in [-0.15, -0.1) is 0 Å². The first-order chi connectivity index (χ1) is 8.65. The molecular formula is C13H15FN2O2. The predicted octanol–water partition coefficient (Wildman–Crippen LogP) is 2.67. The summed E-state index contributed by atoms with van der Waals surface area (Å²) in [4.78, 5) is 0. The van der Waals surface area contributed by atoms with Crippen molar-refractivity contribution < 1.29 is 14.2 Å². The topological polar surface area (TPSA) is 58.1 Å². The number of nitrogens with zero attached hydrogens (tertiary/aromatic N) is 1. The third kappa shape index (κ3) is 2.36. The molecule has 0 saturated carbocycles. The van der Waals surface area contributed by atoms with Gasteiger partial charge < -0.3 is 9.84 Å². The zero-order valence-electron chi connectivity index (χ0n) is 10.3. The maximum atomic E-state index is 13.1. The molecule has 2 N–H and O–H groups in total. The summed E-state index contributed by atoms with van der Waals surface area (Å²) in [6.07, 6.45) is -0.00774. The molecule has 1 atom stereocenters. The Morgan fingerprint density at radius 2 is 2.22 bits per heavy atom. The molecule has 4 nitrogen and oxygen atoms in total. The third-order valence-corrected chi connectivity index (χ3v) is 2.78. The first-order valence-corrected chi connectivity index (χ1v) is 5.73. The molecule has 0 aliphatic heterocycles. The average molecular weight is 250 g/mol. The molecule has 1 aromatic heterocycles. The molecule has 0 bridgehead atoms. The van der Waals surface area contributed by atoms with Gasteiger partial charge in [0.15, 0.2) is 0 Å². The summed E-state index contributed by atoms with van der Waals surface area (Å²) in [6, 6.07) is 6.02. The van der Waals surface area contributed by atoms with Gasteiger partial charge in [-0.25, -0.2) is 4.39 Å². The van der Waals surface area contributed by atoms with Crippen molar-refractivity contribution in [2.24, 2.45) is 0 Å². The SMILES string of the molecule is CCC(O)c1cc(-c2ccc(F)cc2OC)[nH]n1. The van der Waals surface area contributed by atoms with Gasteiger partial charge >= 0.3 is 0 Å². The molecule has 0 fully saturated rings. The number of H-pyrrole nitrogens is 1. The number of benzene rings is 1. The van der Waals surface area contributed by atoms with E-state index in [9.17, 15) is 9.50 Å². The van der Waals surface area contributed by atoms with Crippen LogP contribution in [0.15, 0.2) is 24.3 Å². The van der Waals surface area contributed by atoms with Crippen LogP contribution < -0.4 is 4.74 Å². The van der Waals surface area contributed by atoms with E-state index in [1.165, 1.54) is 19.2 Å². The van der Waals surface area contributed by atoms with Crippen molar-refractivity contribution in [3.63, 3.8) is 0 Å². The number of aliphatic hydroxyl groups is 1. The van der Waals surface area contributed by atoms with Crippen molar-refractivity contribution in [1.29, 1.82) is 0 Å². The molecule has 2 rings (SSSR count). The van der Waals surface area contributed by atoms with Gasteiger partial charge in [0.2, 0.25) is 0 Å². The second kappa shape index (κ2) is 5.18. The zero-order valence-corrected chi connectivity index (χ0v) is 10.3. The van der Waals surface area contributed by atoms with E-state index in [1.54, 1.807) is 12.1 Å².